The van der Waals surface area contributed by atoms with Crippen LogP contribution >= 0.6 is 0 Å². The summed E-state index contributed by atoms with van der Waals surface area (Å²) in [6, 6.07) is 2.75. The van der Waals surface area contributed by atoms with Gasteiger partial charge >= 0.3 is 12.0 Å². The van der Waals surface area contributed by atoms with Gasteiger partial charge in [-0.3, -0.25) is 0 Å². The number of rotatable bonds is 2. The van der Waals surface area contributed by atoms with Crippen LogP contribution in [-0.4, -0.2) is 40.1 Å². The number of amides is 2. The molecule has 20 heavy (non-hydrogen) atoms. The fourth-order valence-electron chi connectivity index (χ4n) is 2.39. The number of likely N-dealkylation sites (tertiary alicyclic amines) is 1. The van der Waals surface area contributed by atoms with E-state index in [0.29, 0.717) is 5.69 Å². The average molecular weight is 277 g/mol. The number of carboxylic acids is 1. The van der Waals surface area contributed by atoms with Gasteiger partial charge in [0, 0.05) is 13.1 Å². The number of hydrogen-bond acceptors (Lipinski definition) is 3. The van der Waals surface area contributed by atoms with Crippen molar-refractivity contribution in [3.8, 4) is 0 Å². The maximum atomic E-state index is 12.1. The number of carbonyl (C=O) groups excluding carboxylic acids is 1. The highest BCUT2D eigenvalue weighted by Crippen LogP contribution is 2.28. The standard InChI is InChI=1S/C14H19N3O3/c1-14(2)6-3-7-17(9-14)13(20)16-10-4-5-11(12(18)19)15-8-10/h4-5,8H,3,6-7,9H2,1-2H3,(H,16,20)(H,18,19). The van der Waals surface area contributed by atoms with Gasteiger partial charge in [0.2, 0.25) is 0 Å². The molecule has 0 spiro atoms. The van der Waals surface area contributed by atoms with E-state index < -0.39 is 5.97 Å². The molecule has 0 unspecified atom stereocenters. The topological polar surface area (TPSA) is 82.5 Å². The van der Waals surface area contributed by atoms with Crippen molar-refractivity contribution in [1.29, 1.82) is 0 Å². The van der Waals surface area contributed by atoms with Crippen LogP contribution < -0.4 is 5.32 Å². The zero-order valence-corrected chi connectivity index (χ0v) is 11.7. The van der Waals surface area contributed by atoms with E-state index >= 15 is 0 Å². The normalized spacial score (nSPS) is 17.6. The van der Waals surface area contributed by atoms with Crippen LogP contribution in [0.4, 0.5) is 10.5 Å². The maximum Gasteiger partial charge on any atom is 0.354 e. The fourth-order valence-corrected chi connectivity index (χ4v) is 2.39. The third-order valence-corrected chi connectivity index (χ3v) is 3.42. The molecule has 6 heteroatoms. The number of aromatic nitrogens is 1. The first kappa shape index (κ1) is 14.3. The molecule has 0 radical (unpaired) electrons. The second kappa shape index (κ2) is 5.48. The van der Waals surface area contributed by atoms with Gasteiger partial charge in [0.05, 0.1) is 11.9 Å². The van der Waals surface area contributed by atoms with E-state index in [0.717, 1.165) is 25.9 Å². The summed E-state index contributed by atoms with van der Waals surface area (Å²) in [4.78, 5) is 28.4. The highest BCUT2D eigenvalue weighted by Gasteiger charge is 2.29. The minimum Gasteiger partial charge on any atom is -0.477 e. The van der Waals surface area contributed by atoms with Crippen LogP contribution in [0.1, 0.15) is 37.2 Å². The van der Waals surface area contributed by atoms with Crippen molar-refractivity contribution in [1.82, 2.24) is 9.88 Å². The smallest absolute Gasteiger partial charge is 0.354 e. The second-order valence-corrected chi connectivity index (χ2v) is 5.86. The lowest BCUT2D eigenvalue weighted by Gasteiger charge is -2.37. The molecule has 0 aliphatic carbocycles. The molecule has 2 heterocycles. The van der Waals surface area contributed by atoms with Crippen LogP contribution in [0.3, 0.4) is 0 Å². The first-order valence-corrected chi connectivity index (χ1v) is 6.63. The molecule has 2 rings (SSSR count). The van der Waals surface area contributed by atoms with E-state index in [1.807, 2.05) is 0 Å². The van der Waals surface area contributed by atoms with E-state index in [4.69, 9.17) is 5.11 Å². The molecule has 0 bridgehead atoms. The molecule has 1 aliphatic rings. The average Bonchev–Trinajstić information content (AvgIpc) is 2.38. The van der Waals surface area contributed by atoms with Crippen LogP contribution in [0.5, 0.6) is 0 Å². The van der Waals surface area contributed by atoms with Crippen molar-refractivity contribution >= 4 is 17.7 Å². The van der Waals surface area contributed by atoms with Crippen molar-refractivity contribution in [2.45, 2.75) is 26.7 Å². The number of pyridine rings is 1. The summed E-state index contributed by atoms with van der Waals surface area (Å²) < 4.78 is 0. The molecule has 1 aromatic rings. The number of nitrogens with one attached hydrogen (secondary N) is 1. The van der Waals surface area contributed by atoms with E-state index in [9.17, 15) is 9.59 Å². The van der Waals surface area contributed by atoms with Crippen molar-refractivity contribution < 1.29 is 14.7 Å². The number of carboxylic acid groups (broad SMARTS) is 1. The quantitative estimate of drug-likeness (QED) is 0.869. The molecule has 1 aromatic heterocycles. The lowest BCUT2D eigenvalue weighted by atomic mass is 9.84. The SMILES string of the molecule is CC1(C)CCCN(C(=O)Nc2ccc(C(=O)O)nc2)C1. The monoisotopic (exact) mass is 277 g/mol. The van der Waals surface area contributed by atoms with E-state index in [1.54, 1.807) is 11.0 Å². The van der Waals surface area contributed by atoms with Gasteiger partial charge in [-0.05, 0) is 30.4 Å². The highest BCUT2D eigenvalue weighted by molar-refractivity contribution is 5.90. The van der Waals surface area contributed by atoms with Crippen LogP contribution in [0, 0.1) is 5.41 Å². The molecule has 0 saturated carbocycles. The molecule has 0 atom stereocenters. The number of piperidine rings is 1. The van der Waals surface area contributed by atoms with E-state index in [2.05, 4.69) is 24.1 Å². The number of aromatic carboxylic acids is 1. The van der Waals surface area contributed by atoms with Gasteiger partial charge in [-0.15, -0.1) is 0 Å². The van der Waals surface area contributed by atoms with Gasteiger partial charge in [-0.1, -0.05) is 13.8 Å². The minimum absolute atomic E-state index is 0.0397. The second-order valence-electron chi connectivity index (χ2n) is 5.86. The molecule has 0 aromatic carbocycles. The van der Waals surface area contributed by atoms with Crippen LogP contribution in [0.25, 0.3) is 0 Å². The number of urea groups is 1. The molecule has 108 valence electrons. The van der Waals surface area contributed by atoms with Gasteiger partial charge in [0.25, 0.3) is 0 Å². The predicted octanol–water partition coefficient (Wildman–Crippen LogP) is 2.43. The summed E-state index contributed by atoms with van der Waals surface area (Å²) in [6.07, 6.45) is 3.47. The van der Waals surface area contributed by atoms with Gasteiger partial charge < -0.3 is 15.3 Å². The lowest BCUT2D eigenvalue weighted by Crippen LogP contribution is -2.45. The Morgan fingerprint density at radius 2 is 2.15 bits per heavy atom. The Labute approximate surface area is 117 Å². The van der Waals surface area contributed by atoms with E-state index in [1.165, 1.54) is 12.3 Å². The van der Waals surface area contributed by atoms with Gasteiger partial charge in [0.1, 0.15) is 5.69 Å². The number of carbonyl (C=O) groups is 2. The summed E-state index contributed by atoms with van der Waals surface area (Å²) in [5, 5.41) is 11.5. The van der Waals surface area contributed by atoms with Crippen molar-refractivity contribution in [3.63, 3.8) is 0 Å². The Morgan fingerprint density at radius 1 is 1.40 bits per heavy atom. The number of anilines is 1. The number of hydrogen-bond donors (Lipinski definition) is 2. The Bertz CT molecular complexity index is 511. The molecule has 6 nitrogen and oxygen atoms in total. The molecular weight excluding hydrogens is 258 g/mol. The minimum atomic E-state index is -1.08. The van der Waals surface area contributed by atoms with E-state index in [-0.39, 0.29) is 17.1 Å². The largest absolute Gasteiger partial charge is 0.477 e. The molecule has 2 N–H and O–H groups in total. The third kappa shape index (κ3) is 3.46. The van der Waals surface area contributed by atoms with Crippen molar-refractivity contribution in [2.24, 2.45) is 5.41 Å². The Balaban J connectivity index is 1.99. The summed E-state index contributed by atoms with van der Waals surface area (Å²) in [5.74, 6) is -1.08. The van der Waals surface area contributed by atoms with Crippen LogP contribution in [0.15, 0.2) is 18.3 Å². The summed E-state index contributed by atoms with van der Waals surface area (Å²) in [7, 11) is 0. The van der Waals surface area contributed by atoms with Crippen LogP contribution in [-0.2, 0) is 0 Å². The summed E-state index contributed by atoms with van der Waals surface area (Å²) in [6.45, 7) is 5.76. The zero-order chi connectivity index (χ0) is 14.8. The summed E-state index contributed by atoms with van der Waals surface area (Å²) in [5.41, 5.74) is 0.603. The van der Waals surface area contributed by atoms with Crippen molar-refractivity contribution in [3.05, 3.63) is 24.0 Å². The first-order valence-electron chi connectivity index (χ1n) is 6.63. The first-order chi connectivity index (χ1) is 9.37. The van der Waals surface area contributed by atoms with Gasteiger partial charge in [-0.2, -0.15) is 0 Å². The zero-order valence-electron chi connectivity index (χ0n) is 11.7. The highest BCUT2D eigenvalue weighted by atomic mass is 16.4. The third-order valence-electron chi connectivity index (χ3n) is 3.42. The Morgan fingerprint density at radius 3 is 2.70 bits per heavy atom. The van der Waals surface area contributed by atoms with Crippen molar-refractivity contribution in [2.75, 3.05) is 18.4 Å². The molecule has 1 saturated heterocycles. The lowest BCUT2D eigenvalue weighted by molar-refractivity contribution is 0.0690. The van der Waals surface area contributed by atoms with Gasteiger partial charge in [-0.25, -0.2) is 14.6 Å². The molecule has 1 fully saturated rings. The number of nitrogens with zero attached hydrogens (tertiary/aromatic N) is 2. The maximum absolute atomic E-state index is 12.1. The molecule has 1 aliphatic heterocycles. The molecule has 2 amide bonds. The molecular formula is C14H19N3O3. The predicted molar refractivity (Wildman–Crippen MR) is 74.8 cm³/mol. The summed E-state index contributed by atoms with van der Waals surface area (Å²) >= 11 is 0. The van der Waals surface area contributed by atoms with Gasteiger partial charge in [0.15, 0.2) is 0 Å². The Hall–Kier alpha value is -2.11. The fraction of sp³-hybridized carbons (Fsp3) is 0.500. The Kier molecular flexibility index (Phi) is 3.92. The van der Waals surface area contributed by atoms with Crippen LogP contribution in [0.2, 0.25) is 0 Å².